The topological polar surface area (TPSA) is 352 Å². The summed E-state index contributed by atoms with van der Waals surface area (Å²) >= 11 is 0. The fourth-order valence-electron chi connectivity index (χ4n) is 12.4. The zero-order chi connectivity index (χ0) is 89.7. The van der Waals surface area contributed by atoms with Crippen LogP contribution in [0.4, 0.5) is 0 Å². The largest absolute Gasteiger partial charge is 0.462 e. The molecule has 20 atom stereocenters. The summed E-state index contributed by atoms with van der Waals surface area (Å²) in [6.07, 6.45) is -35.1. The Kier molecular flexibility index (Phi) is 33.6. The quantitative estimate of drug-likeness (QED) is 0.0362. The Bertz CT molecular complexity index is 4010. The molecule has 4 aliphatic heterocycles. The van der Waals surface area contributed by atoms with Gasteiger partial charge in [0.1, 0.15) is 99.7 Å². The predicted molar refractivity (Wildman–Crippen MR) is 437 cm³/mol. The van der Waals surface area contributed by atoms with Gasteiger partial charge in [0.15, 0.2) is 49.6 Å². The van der Waals surface area contributed by atoms with E-state index in [1.807, 2.05) is 0 Å². The number of hydrogen-bond acceptors (Lipinski definition) is 29. The number of carbonyl (C=O) groups is 8. The minimum Gasteiger partial charge on any atom is -0.462 e. The maximum Gasteiger partial charge on any atom is 0.311 e. The molecule has 0 amide bonds. The lowest BCUT2D eigenvalue weighted by Crippen LogP contribution is -2.69. The van der Waals surface area contributed by atoms with Crippen LogP contribution in [0.15, 0.2) is 121 Å². The molecule has 0 saturated carbocycles. The van der Waals surface area contributed by atoms with Gasteiger partial charge in [0.25, 0.3) is 0 Å². The highest BCUT2D eigenvalue weighted by Crippen LogP contribution is 2.43. The highest BCUT2D eigenvalue weighted by atomic mass is 16.8. The molecule has 4 aliphatic rings. The number of aliphatic hydroxyl groups excluding tert-OH is 2. The molecule has 4 heterocycles. The van der Waals surface area contributed by atoms with E-state index in [0.29, 0.717) is 22.3 Å². The molecule has 4 aromatic carbocycles. The highest BCUT2D eigenvalue weighted by molar-refractivity contribution is 5.79. The van der Waals surface area contributed by atoms with Gasteiger partial charge in [0.2, 0.25) is 0 Å². The van der Waals surface area contributed by atoms with Crippen molar-refractivity contribution >= 4 is 47.8 Å². The molecule has 2 N–H and O–H groups in total. The summed E-state index contributed by atoms with van der Waals surface area (Å²) < 4.78 is 128. The minimum absolute atomic E-state index is 0.175. The van der Waals surface area contributed by atoms with Crippen molar-refractivity contribution in [1.29, 1.82) is 0 Å². The Morgan fingerprint density at radius 1 is 0.256 bits per heavy atom. The molecule has 29 nitrogen and oxygen atoms in total. The number of carbonyl (C=O) groups excluding carboxylic acids is 8. The predicted octanol–water partition coefficient (Wildman–Crippen LogP) is 11.9. The van der Waals surface area contributed by atoms with E-state index in [0.717, 1.165) is 0 Å². The van der Waals surface area contributed by atoms with Crippen molar-refractivity contribution in [2.75, 3.05) is 26.4 Å². The van der Waals surface area contributed by atoms with Gasteiger partial charge in [-0.15, -0.1) is 0 Å². The van der Waals surface area contributed by atoms with Crippen LogP contribution in [0.3, 0.4) is 0 Å². The third-order valence-electron chi connectivity index (χ3n) is 19.8. The number of aliphatic hydroxyl groups is 2. The van der Waals surface area contributed by atoms with E-state index in [4.69, 9.17) is 90.0 Å². The lowest BCUT2D eigenvalue weighted by atomic mass is 9.93. The summed E-state index contributed by atoms with van der Waals surface area (Å²) in [5, 5.41) is 24.9. The summed E-state index contributed by atoms with van der Waals surface area (Å²) in [6, 6.07) is 35.5. The van der Waals surface area contributed by atoms with Gasteiger partial charge < -0.3 is 100 Å². The molecule has 0 aliphatic carbocycles. The molecule has 8 rings (SSSR count). The zero-order valence-electron chi connectivity index (χ0n) is 74.7. The van der Waals surface area contributed by atoms with Gasteiger partial charge in [-0.3, -0.25) is 38.4 Å². The summed E-state index contributed by atoms with van der Waals surface area (Å²) in [5.74, 6) is -6.21. The Balaban J connectivity index is 1.40. The summed E-state index contributed by atoms with van der Waals surface area (Å²) in [7, 11) is 0. The first-order valence-corrected chi connectivity index (χ1v) is 41.3. The molecule has 672 valence electrons. The van der Waals surface area contributed by atoms with E-state index in [1.54, 1.807) is 287 Å². The van der Waals surface area contributed by atoms with Crippen LogP contribution in [0.2, 0.25) is 0 Å². The van der Waals surface area contributed by atoms with Crippen molar-refractivity contribution in [1.82, 2.24) is 0 Å². The summed E-state index contributed by atoms with van der Waals surface area (Å²) in [5.41, 5.74) is -7.26. The van der Waals surface area contributed by atoms with Crippen LogP contribution in [0.25, 0.3) is 0 Å². The highest BCUT2D eigenvalue weighted by Gasteiger charge is 2.62. The second-order valence-electron chi connectivity index (χ2n) is 39.4. The standard InChI is InChI=1S/C92H130O29/c1-85(2,3)77(95)107-49-57-61(93)65(103-45-53-37-29-25-30-38-53)70(119-82(100)90(16,17)18)74(112-57)116-63-59(51-109-79(97)87(7,8)9)114-76(72(121-84(102)92(22,23)24)67(63)105-47-55-41-33-27-34-42-55)117-64-60(52-110-80(98)88(10,11)12)113-75(71(120-83(101)91(19,20)21)68(64)106-48-56-43-35-28-36-44-56)115-62-58(50-108-78(96)86(4,5)6)111-73(94)69(118-81(99)89(13,14)15)66(62)104-46-54-39-31-26-32-40-54/h25-44,57-76,93-94H,45-52H2,1-24H3/t57-,58-,59-,60-,61-,62-,63-,64-,65+,66+,67+,68+,69-,70-,71-,72-,73-,74+,75+,76+/m1/s1. The van der Waals surface area contributed by atoms with E-state index in [1.165, 1.54) is 0 Å². The molecule has 0 unspecified atom stereocenters. The van der Waals surface area contributed by atoms with E-state index in [9.17, 15) is 39.0 Å². The van der Waals surface area contributed by atoms with Gasteiger partial charge >= 0.3 is 47.8 Å². The van der Waals surface area contributed by atoms with Crippen LogP contribution in [0.5, 0.6) is 0 Å². The second kappa shape index (κ2) is 41.3. The van der Waals surface area contributed by atoms with E-state index < -0.39 is 240 Å². The monoisotopic (exact) mass is 1700 g/mol. The van der Waals surface area contributed by atoms with Crippen LogP contribution in [0, 0.1) is 43.3 Å². The SMILES string of the molecule is CC(C)(C)C(=O)OC[C@H]1O[C@@H](O[C@H]2[C@H](OCc3ccccc3)[C@@H](OC(=O)C(C)(C)C)[C@H](O[C@H]3[C@H](OCc4ccccc4)[C@@H](OC(=O)C(C)(C)C)[C@H](O[C@H]4[C@H](OCc5ccccc5)[C@@H](OC(=O)C(C)(C)C)[C@H](O)O[C@@H]4COC(=O)C(C)(C)C)O[C@@H]3COC(=O)C(C)(C)C)O[C@@H]2COC(=O)C(C)(C)C)[C@H](OC(=O)C(C)(C)C)[C@@H](OCc2ccccc2)[C@@H]1O. The lowest BCUT2D eigenvalue weighted by Gasteiger charge is -2.52. The van der Waals surface area contributed by atoms with Gasteiger partial charge in [0.05, 0.1) is 69.7 Å². The molecule has 0 aromatic heterocycles. The number of ether oxygens (including phenoxy) is 19. The third-order valence-corrected chi connectivity index (χ3v) is 19.8. The minimum atomic E-state index is -2.03. The smallest absolute Gasteiger partial charge is 0.311 e. The average molecular weight is 1700 g/mol. The summed E-state index contributed by atoms with van der Waals surface area (Å²) in [6.45, 7) is 35.0. The fraction of sp³-hybridized carbons (Fsp3) is 0.652. The van der Waals surface area contributed by atoms with Gasteiger partial charge in [-0.05, 0) is 188 Å². The van der Waals surface area contributed by atoms with Crippen molar-refractivity contribution in [3.8, 4) is 0 Å². The molecule has 0 bridgehead atoms. The first kappa shape index (κ1) is 98.6. The van der Waals surface area contributed by atoms with Crippen LogP contribution >= 0.6 is 0 Å². The van der Waals surface area contributed by atoms with Crippen LogP contribution in [-0.4, -0.2) is 207 Å². The van der Waals surface area contributed by atoms with Gasteiger partial charge in [0, 0.05) is 0 Å². The van der Waals surface area contributed by atoms with Gasteiger partial charge in [-0.1, -0.05) is 121 Å². The zero-order valence-corrected chi connectivity index (χ0v) is 74.7. The van der Waals surface area contributed by atoms with E-state index >= 15 is 9.59 Å². The number of hydrogen-bond donors (Lipinski definition) is 2. The second-order valence-corrected chi connectivity index (χ2v) is 39.4. The van der Waals surface area contributed by atoms with Crippen molar-refractivity contribution in [2.45, 2.75) is 315 Å². The number of benzene rings is 4. The van der Waals surface area contributed by atoms with Crippen LogP contribution < -0.4 is 0 Å². The van der Waals surface area contributed by atoms with Crippen molar-refractivity contribution in [3.05, 3.63) is 144 Å². The van der Waals surface area contributed by atoms with Crippen LogP contribution in [0.1, 0.15) is 188 Å². The van der Waals surface area contributed by atoms with Gasteiger partial charge in [-0.2, -0.15) is 0 Å². The third kappa shape index (κ3) is 28.1. The fourth-order valence-corrected chi connectivity index (χ4v) is 12.4. The van der Waals surface area contributed by atoms with Crippen molar-refractivity contribution in [2.24, 2.45) is 43.3 Å². The van der Waals surface area contributed by atoms with Crippen LogP contribution in [-0.2, 0) is 155 Å². The first-order valence-electron chi connectivity index (χ1n) is 41.3. The van der Waals surface area contributed by atoms with E-state index in [2.05, 4.69) is 0 Å². The Hall–Kier alpha value is -7.88. The molecular formula is C92H130O29. The summed E-state index contributed by atoms with van der Waals surface area (Å²) in [4.78, 5) is 116. The van der Waals surface area contributed by atoms with Crippen molar-refractivity contribution in [3.63, 3.8) is 0 Å². The molecule has 0 radical (unpaired) electrons. The molecule has 4 aromatic rings. The average Bonchev–Trinajstić information content (AvgIpc) is 0.750. The maximum absolute atomic E-state index is 15.4. The first-order chi connectivity index (χ1) is 56.2. The molecule has 4 saturated heterocycles. The molecule has 121 heavy (non-hydrogen) atoms. The normalized spacial score (nSPS) is 27.7. The maximum atomic E-state index is 15.4. The Labute approximate surface area is 711 Å². The Morgan fingerprint density at radius 2 is 0.463 bits per heavy atom. The van der Waals surface area contributed by atoms with Crippen molar-refractivity contribution < 1.29 is 139 Å². The number of esters is 8. The van der Waals surface area contributed by atoms with Gasteiger partial charge in [-0.25, -0.2) is 0 Å². The Morgan fingerprint density at radius 3 is 0.719 bits per heavy atom. The van der Waals surface area contributed by atoms with E-state index in [-0.39, 0.29) is 26.4 Å². The lowest BCUT2D eigenvalue weighted by molar-refractivity contribution is -0.395. The molecular weight excluding hydrogens is 1570 g/mol. The number of rotatable bonds is 30. The molecule has 0 spiro atoms. The molecule has 4 fully saturated rings. The molecule has 29 heteroatoms.